The van der Waals surface area contributed by atoms with Gasteiger partial charge in [-0.15, -0.1) is 20.4 Å². The number of aromatic nitrogens is 4. The van der Waals surface area contributed by atoms with Crippen molar-refractivity contribution in [3.63, 3.8) is 0 Å². The second kappa shape index (κ2) is 7.20. The zero-order chi connectivity index (χ0) is 18.0. The average Bonchev–Trinajstić information content (AvgIpc) is 3.34. The summed E-state index contributed by atoms with van der Waals surface area (Å²) in [6.45, 7) is 0. The summed E-state index contributed by atoms with van der Waals surface area (Å²) >= 11 is 1.31. The van der Waals surface area contributed by atoms with Crippen LogP contribution in [0, 0.1) is 5.92 Å². The van der Waals surface area contributed by atoms with Crippen LogP contribution in [0.2, 0.25) is 0 Å². The summed E-state index contributed by atoms with van der Waals surface area (Å²) in [5.74, 6) is 2.31. The molecule has 1 aliphatic rings. The highest BCUT2D eigenvalue weighted by Gasteiger charge is 2.29. The van der Waals surface area contributed by atoms with Gasteiger partial charge in [-0.05, 0) is 24.5 Å². The zero-order valence-corrected chi connectivity index (χ0v) is 15.4. The van der Waals surface area contributed by atoms with Gasteiger partial charge in [0.1, 0.15) is 0 Å². The molecule has 0 spiro atoms. The molecular weight excluding hydrogens is 376 g/mol. The van der Waals surface area contributed by atoms with Gasteiger partial charge >= 0.3 is 0 Å². The van der Waals surface area contributed by atoms with Gasteiger partial charge in [-0.3, -0.25) is 0 Å². The Kier molecular flexibility index (Phi) is 4.77. The normalized spacial score (nSPS) is 19.0. The van der Waals surface area contributed by atoms with E-state index in [1.54, 1.807) is 0 Å². The third-order valence-corrected chi connectivity index (χ3v) is 6.69. The number of hydrogen-bond acceptors (Lipinski definition) is 9. The predicted octanol–water partition coefficient (Wildman–Crippen LogP) is 2.39. The summed E-state index contributed by atoms with van der Waals surface area (Å²) in [6.07, 6.45) is 1.14. The van der Waals surface area contributed by atoms with Crippen molar-refractivity contribution in [3.05, 3.63) is 42.1 Å². The predicted molar refractivity (Wildman–Crippen MR) is 94.1 cm³/mol. The molecule has 0 bridgehead atoms. The molecular formula is C16H16N4O4S2. The second-order valence-electron chi connectivity index (χ2n) is 6.09. The van der Waals surface area contributed by atoms with Crippen molar-refractivity contribution < 1.29 is 17.3 Å². The Labute approximate surface area is 154 Å². The van der Waals surface area contributed by atoms with E-state index >= 15 is 0 Å². The van der Waals surface area contributed by atoms with Gasteiger partial charge in [0.05, 0.1) is 17.3 Å². The Morgan fingerprint density at radius 2 is 1.85 bits per heavy atom. The SMILES string of the molecule is O=S1(=O)CC[C@H](Cc2nnc(SCc3nnc(-c4ccccc4)o3)o2)C1. The van der Waals surface area contributed by atoms with Gasteiger partial charge in [0.15, 0.2) is 9.84 Å². The molecule has 0 amide bonds. The minimum Gasteiger partial charge on any atom is -0.420 e. The lowest BCUT2D eigenvalue weighted by Gasteiger charge is -2.01. The lowest BCUT2D eigenvalue weighted by Crippen LogP contribution is -2.07. The minimum atomic E-state index is -2.90. The maximum Gasteiger partial charge on any atom is 0.277 e. The van der Waals surface area contributed by atoms with Crippen molar-refractivity contribution in [2.24, 2.45) is 5.92 Å². The van der Waals surface area contributed by atoms with Crippen molar-refractivity contribution in [1.29, 1.82) is 0 Å². The van der Waals surface area contributed by atoms with Crippen LogP contribution in [0.25, 0.3) is 11.5 Å². The largest absolute Gasteiger partial charge is 0.420 e. The molecule has 1 fully saturated rings. The van der Waals surface area contributed by atoms with Gasteiger partial charge in [0.2, 0.25) is 17.7 Å². The number of nitrogens with zero attached hydrogens (tertiary/aromatic N) is 4. The van der Waals surface area contributed by atoms with Crippen LogP contribution in [-0.2, 0) is 22.0 Å². The highest BCUT2D eigenvalue weighted by Crippen LogP contribution is 2.26. The molecule has 1 aliphatic heterocycles. The summed E-state index contributed by atoms with van der Waals surface area (Å²) in [6, 6.07) is 9.54. The van der Waals surface area contributed by atoms with E-state index in [2.05, 4.69) is 20.4 Å². The molecule has 8 nitrogen and oxygen atoms in total. The quantitative estimate of drug-likeness (QED) is 0.583. The number of benzene rings is 1. The summed E-state index contributed by atoms with van der Waals surface area (Å²) in [5, 5.41) is 16.4. The van der Waals surface area contributed by atoms with Crippen LogP contribution >= 0.6 is 11.8 Å². The molecule has 1 aromatic carbocycles. The van der Waals surface area contributed by atoms with Crippen molar-refractivity contribution in [1.82, 2.24) is 20.4 Å². The van der Waals surface area contributed by atoms with Crippen LogP contribution in [0.1, 0.15) is 18.2 Å². The molecule has 0 radical (unpaired) electrons. The first-order chi connectivity index (χ1) is 12.6. The smallest absolute Gasteiger partial charge is 0.277 e. The summed E-state index contributed by atoms with van der Waals surface area (Å²) in [5.41, 5.74) is 0.864. The van der Waals surface area contributed by atoms with Crippen molar-refractivity contribution in [2.45, 2.75) is 23.8 Å². The van der Waals surface area contributed by atoms with E-state index in [1.807, 2.05) is 30.3 Å². The molecule has 0 unspecified atom stereocenters. The van der Waals surface area contributed by atoms with Crippen molar-refractivity contribution in [2.75, 3.05) is 11.5 Å². The molecule has 2 aromatic heterocycles. The molecule has 3 heterocycles. The van der Waals surface area contributed by atoms with E-state index in [-0.39, 0.29) is 17.4 Å². The summed E-state index contributed by atoms with van der Waals surface area (Å²) in [4.78, 5) is 0. The summed E-state index contributed by atoms with van der Waals surface area (Å²) < 4.78 is 34.2. The van der Waals surface area contributed by atoms with E-state index in [9.17, 15) is 8.42 Å². The van der Waals surface area contributed by atoms with Crippen molar-refractivity contribution >= 4 is 21.6 Å². The van der Waals surface area contributed by atoms with E-state index in [0.717, 1.165) is 5.56 Å². The van der Waals surface area contributed by atoms with Crippen LogP contribution < -0.4 is 0 Å². The molecule has 1 atom stereocenters. The van der Waals surface area contributed by atoms with E-state index in [4.69, 9.17) is 8.83 Å². The first-order valence-corrected chi connectivity index (χ1v) is 10.9. The fourth-order valence-corrected chi connectivity index (χ4v) is 5.27. The van der Waals surface area contributed by atoms with Crippen molar-refractivity contribution in [3.8, 4) is 11.5 Å². The maximum atomic E-state index is 11.5. The molecule has 136 valence electrons. The lowest BCUT2D eigenvalue weighted by molar-refractivity contribution is 0.389. The maximum absolute atomic E-state index is 11.5. The van der Waals surface area contributed by atoms with Gasteiger partial charge in [0.25, 0.3) is 5.22 Å². The number of hydrogen-bond donors (Lipinski definition) is 0. The second-order valence-corrected chi connectivity index (χ2v) is 9.25. The minimum absolute atomic E-state index is 0.0580. The Balaban J connectivity index is 1.33. The average molecular weight is 392 g/mol. The Bertz CT molecular complexity index is 985. The molecule has 10 heteroatoms. The van der Waals surface area contributed by atoms with Crippen LogP contribution in [0.5, 0.6) is 0 Å². The van der Waals surface area contributed by atoms with Gasteiger partial charge in [-0.2, -0.15) is 0 Å². The Morgan fingerprint density at radius 3 is 2.62 bits per heavy atom. The van der Waals surface area contributed by atoms with Gasteiger partial charge in [0, 0.05) is 12.0 Å². The van der Waals surface area contributed by atoms with Gasteiger partial charge in [-0.1, -0.05) is 30.0 Å². The van der Waals surface area contributed by atoms with Crippen LogP contribution in [0.3, 0.4) is 0 Å². The first-order valence-electron chi connectivity index (χ1n) is 8.11. The molecule has 4 rings (SSSR count). The van der Waals surface area contributed by atoms with Gasteiger partial charge in [-0.25, -0.2) is 8.42 Å². The first kappa shape index (κ1) is 17.2. The zero-order valence-electron chi connectivity index (χ0n) is 13.7. The molecule has 26 heavy (non-hydrogen) atoms. The monoisotopic (exact) mass is 392 g/mol. The van der Waals surface area contributed by atoms with E-state index < -0.39 is 9.84 Å². The fraction of sp³-hybridized carbons (Fsp3) is 0.375. The van der Waals surface area contributed by atoms with Crippen LogP contribution in [-0.4, -0.2) is 40.3 Å². The highest BCUT2D eigenvalue weighted by atomic mass is 32.2. The molecule has 0 saturated carbocycles. The topological polar surface area (TPSA) is 112 Å². The lowest BCUT2D eigenvalue weighted by atomic mass is 10.1. The Morgan fingerprint density at radius 1 is 1.04 bits per heavy atom. The number of sulfone groups is 1. The van der Waals surface area contributed by atoms with Crippen LogP contribution in [0.15, 0.2) is 44.4 Å². The molecule has 3 aromatic rings. The van der Waals surface area contributed by atoms with E-state index in [0.29, 0.717) is 41.5 Å². The number of rotatable bonds is 6. The summed E-state index contributed by atoms with van der Waals surface area (Å²) in [7, 11) is -2.90. The fourth-order valence-electron chi connectivity index (χ4n) is 2.79. The molecule has 0 N–H and O–H groups in total. The standard InChI is InChI=1S/C16H16N4O4S2/c21-26(22)7-6-11(10-26)8-13-17-20-16(24-13)25-9-14-18-19-15(23-14)12-4-2-1-3-5-12/h1-5,11H,6-10H2/t11-/m1/s1. The van der Waals surface area contributed by atoms with Gasteiger partial charge < -0.3 is 8.83 Å². The Hall–Kier alpha value is -2.20. The highest BCUT2D eigenvalue weighted by molar-refractivity contribution is 7.98. The third kappa shape index (κ3) is 4.13. The molecule has 0 aliphatic carbocycles. The third-order valence-electron chi connectivity index (χ3n) is 4.05. The molecule has 1 saturated heterocycles. The number of thioether (sulfide) groups is 1. The van der Waals surface area contributed by atoms with Crippen LogP contribution in [0.4, 0.5) is 0 Å². The van der Waals surface area contributed by atoms with E-state index in [1.165, 1.54) is 11.8 Å².